The summed E-state index contributed by atoms with van der Waals surface area (Å²) in [6.07, 6.45) is 0. The molecule has 0 aliphatic heterocycles. The molecular weight excluding hydrogens is 286 g/mol. The van der Waals surface area contributed by atoms with Gasteiger partial charge in [0.2, 0.25) is 0 Å². The molecule has 5 nitrogen and oxygen atoms in total. The molecule has 0 spiro atoms. The Morgan fingerprint density at radius 3 is 2.71 bits per heavy atom. The van der Waals surface area contributed by atoms with E-state index in [0.29, 0.717) is 0 Å². The van der Waals surface area contributed by atoms with Crippen molar-refractivity contribution in [2.45, 2.75) is 6.54 Å². The molecule has 1 aromatic heterocycles. The average molecular weight is 299 g/mol. The summed E-state index contributed by atoms with van der Waals surface area (Å²) in [6.45, 7) is 0.753. The number of fused-ring (bicyclic) bond motifs is 1. The van der Waals surface area contributed by atoms with Crippen LogP contribution in [-0.4, -0.2) is 17.0 Å². The number of nitrogens with zero attached hydrogens (tertiary/aromatic N) is 3. The van der Waals surface area contributed by atoms with E-state index in [2.05, 4.69) is 17.1 Å². The molecule has 0 fully saturated rings. The number of non-ortho nitro benzene ring substituents is 1. The number of hydrogen-bond donors (Lipinski definition) is 0. The van der Waals surface area contributed by atoms with E-state index in [4.69, 9.17) is 0 Å². The molecule has 0 saturated carbocycles. The van der Waals surface area contributed by atoms with E-state index in [1.165, 1.54) is 23.0 Å². The lowest BCUT2D eigenvalue weighted by atomic mass is 10.2. The van der Waals surface area contributed by atoms with Gasteiger partial charge in [-0.2, -0.15) is 0 Å². The number of hydrogen-bond acceptors (Lipinski definition) is 5. The summed E-state index contributed by atoms with van der Waals surface area (Å²) >= 11 is 1.47. The molecule has 0 saturated heterocycles. The third kappa shape index (κ3) is 2.85. The van der Waals surface area contributed by atoms with Gasteiger partial charge in [-0.25, -0.2) is 4.98 Å². The Bertz CT molecular complexity index is 786. The van der Waals surface area contributed by atoms with Crippen molar-refractivity contribution < 1.29 is 4.92 Å². The van der Waals surface area contributed by atoms with E-state index >= 15 is 0 Å². The van der Waals surface area contributed by atoms with E-state index in [1.54, 1.807) is 12.1 Å². The Balaban J connectivity index is 1.88. The summed E-state index contributed by atoms with van der Waals surface area (Å²) in [5.41, 5.74) is 2.09. The van der Waals surface area contributed by atoms with Crippen LogP contribution in [0.1, 0.15) is 5.56 Å². The van der Waals surface area contributed by atoms with Gasteiger partial charge in [-0.3, -0.25) is 10.1 Å². The molecule has 0 unspecified atom stereocenters. The number of benzene rings is 2. The predicted molar refractivity (Wildman–Crippen MR) is 84.8 cm³/mol. The number of aromatic nitrogens is 1. The van der Waals surface area contributed by atoms with Gasteiger partial charge in [0.1, 0.15) is 0 Å². The normalized spacial score (nSPS) is 10.7. The van der Waals surface area contributed by atoms with E-state index in [1.807, 2.05) is 30.1 Å². The summed E-state index contributed by atoms with van der Waals surface area (Å²) in [6, 6.07) is 14.9. The highest BCUT2D eigenvalue weighted by Gasteiger charge is 2.12. The van der Waals surface area contributed by atoms with Gasteiger partial charge in [-0.05, 0) is 11.6 Å². The molecule has 0 aliphatic rings. The standard InChI is InChI=1S/C15H13N3O2S/c1-17(10-11-5-3-2-4-6-11)15-16-13-8-7-12(18(19)20)9-14(13)21-15/h2-9H,10H2,1H3. The Morgan fingerprint density at radius 2 is 2.00 bits per heavy atom. The minimum absolute atomic E-state index is 0.100. The Hall–Kier alpha value is -2.47. The van der Waals surface area contributed by atoms with Gasteiger partial charge < -0.3 is 4.90 Å². The molecule has 3 rings (SSSR count). The largest absolute Gasteiger partial charge is 0.347 e. The van der Waals surface area contributed by atoms with Gasteiger partial charge in [0.25, 0.3) is 5.69 Å². The molecule has 2 aromatic carbocycles. The van der Waals surface area contributed by atoms with Crippen molar-refractivity contribution in [2.24, 2.45) is 0 Å². The van der Waals surface area contributed by atoms with Crippen molar-refractivity contribution in [3.05, 3.63) is 64.2 Å². The molecule has 0 radical (unpaired) electrons. The topological polar surface area (TPSA) is 59.3 Å². The van der Waals surface area contributed by atoms with Crippen LogP contribution in [0.3, 0.4) is 0 Å². The van der Waals surface area contributed by atoms with Gasteiger partial charge in [0.15, 0.2) is 5.13 Å². The fraction of sp³-hybridized carbons (Fsp3) is 0.133. The molecule has 6 heteroatoms. The highest BCUT2D eigenvalue weighted by atomic mass is 32.1. The second kappa shape index (κ2) is 5.49. The molecule has 0 N–H and O–H groups in total. The first-order valence-corrected chi connectivity index (χ1v) is 7.25. The van der Waals surface area contributed by atoms with Gasteiger partial charge in [-0.15, -0.1) is 0 Å². The van der Waals surface area contributed by atoms with Crippen molar-refractivity contribution in [1.29, 1.82) is 0 Å². The van der Waals surface area contributed by atoms with Crippen LogP contribution in [0.4, 0.5) is 10.8 Å². The van der Waals surface area contributed by atoms with Gasteiger partial charge in [0.05, 0.1) is 15.1 Å². The monoisotopic (exact) mass is 299 g/mol. The lowest BCUT2D eigenvalue weighted by Gasteiger charge is -2.15. The lowest BCUT2D eigenvalue weighted by Crippen LogP contribution is -2.15. The highest BCUT2D eigenvalue weighted by Crippen LogP contribution is 2.31. The second-order valence-corrected chi connectivity index (χ2v) is 5.76. The maximum atomic E-state index is 10.8. The highest BCUT2D eigenvalue weighted by molar-refractivity contribution is 7.22. The molecule has 0 bridgehead atoms. The lowest BCUT2D eigenvalue weighted by molar-refractivity contribution is -0.384. The van der Waals surface area contributed by atoms with Crippen molar-refractivity contribution in [3.8, 4) is 0 Å². The predicted octanol–water partition coefficient (Wildman–Crippen LogP) is 3.84. The SMILES string of the molecule is CN(Cc1ccccc1)c1nc2ccc([N+](=O)[O-])cc2s1. The van der Waals surface area contributed by atoms with Crippen molar-refractivity contribution in [2.75, 3.05) is 11.9 Å². The first kappa shape index (κ1) is 13.5. The molecule has 21 heavy (non-hydrogen) atoms. The van der Waals surface area contributed by atoms with Crippen molar-refractivity contribution >= 4 is 32.4 Å². The van der Waals surface area contributed by atoms with E-state index in [-0.39, 0.29) is 10.6 Å². The fourth-order valence-corrected chi connectivity index (χ4v) is 3.06. The van der Waals surface area contributed by atoms with Crippen LogP contribution in [0.15, 0.2) is 48.5 Å². The summed E-state index contributed by atoms with van der Waals surface area (Å²) < 4.78 is 0.833. The Kier molecular flexibility index (Phi) is 3.53. The van der Waals surface area contributed by atoms with Crippen LogP contribution in [0.5, 0.6) is 0 Å². The Morgan fingerprint density at radius 1 is 1.24 bits per heavy atom. The molecule has 0 atom stereocenters. The number of nitro benzene ring substituents is 1. The molecule has 1 heterocycles. The zero-order valence-electron chi connectivity index (χ0n) is 11.4. The summed E-state index contributed by atoms with van der Waals surface area (Å²) in [4.78, 5) is 17.0. The summed E-state index contributed by atoms with van der Waals surface area (Å²) in [7, 11) is 1.97. The summed E-state index contributed by atoms with van der Waals surface area (Å²) in [5, 5.41) is 11.7. The van der Waals surface area contributed by atoms with Crippen LogP contribution in [0.2, 0.25) is 0 Å². The van der Waals surface area contributed by atoms with E-state index in [9.17, 15) is 10.1 Å². The van der Waals surface area contributed by atoms with Crippen LogP contribution in [0.25, 0.3) is 10.2 Å². The van der Waals surface area contributed by atoms with Gasteiger partial charge in [0, 0.05) is 25.7 Å². The molecule has 0 aliphatic carbocycles. The van der Waals surface area contributed by atoms with Crippen LogP contribution >= 0.6 is 11.3 Å². The van der Waals surface area contributed by atoms with Gasteiger partial charge in [-0.1, -0.05) is 41.7 Å². The first-order chi connectivity index (χ1) is 10.1. The minimum Gasteiger partial charge on any atom is -0.347 e. The van der Waals surface area contributed by atoms with Crippen molar-refractivity contribution in [1.82, 2.24) is 4.98 Å². The minimum atomic E-state index is -0.382. The third-order valence-electron chi connectivity index (χ3n) is 3.16. The molecule has 106 valence electrons. The van der Waals surface area contributed by atoms with E-state index < -0.39 is 0 Å². The molecule has 0 amide bonds. The second-order valence-electron chi connectivity index (χ2n) is 4.75. The van der Waals surface area contributed by atoms with Crippen LogP contribution < -0.4 is 4.90 Å². The van der Waals surface area contributed by atoms with Crippen molar-refractivity contribution in [3.63, 3.8) is 0 Å². The van der Waals surface area contributed by atoms with E-state index in [0.717, 1.165) is 21.9 Å². The summed E-state index contributed by atoms with van der Waals surface area (Å²) in [5.74, 6) is 0. The smallest absolute Gasteiger partial charge is 0.270 e. The number of rotatable bonds is 4. The Labute approximate surface area is 125 Å². The molecular formula is C15H13N3O2S. The third-order valence-corrected chi connectivity index (χ3v) is 4.29. The number of nitro groups is 1. The molecule has 3 aromatic rings. The van der Waals surface area contributed by atoms with Gasteiger partial charge >= 0.3 is 0 Å². The first-order valence-electron chi connectivity index (χ1n) is 6.43. The number of thiazole rings is 1. The van der Waals surface area contributed by atoms with Crippen LogP contribution in [-0.2, 0) is 6.54 Å². The maximum absolute atomic E-state index is 10.8. The zero-order valence-corrected chi connectivity index (χ0v) is 12.2. The zero-order chi connectivity index (χ0) is 14.8. The number of anilines is 1. The van der Waals surface area contributed by atoms with Crippen LogP contribution in [0, 0.1) is 10.1 Å². The fourth-order valence-electron chi connectivity index (χ4n) is 2.10. The maximum Gasteiger partial charge on any atom is 0.270 e. The quantitative estimate of drug-likeness (QED) is 0.542. The average Bonchev–Trinajstić information content (AvgIpc) is 2.91.